The number of nitrogens with one attached hydrogen (secondary N) is 1. The summed E-state index contributed by atoms with van der Waals surface area (Å²) < 4.78 is 0. The summed E-state index contributed by atoms with van der Waals surface area (Å²) in [4.78, 5) is 17.5. The van der Waals surface area contributed by atoms with E-state index in [4.69, 9.17) is 5.26 Å². The van der Waals surface area contributed by atoms with Crippen LogP contribution in [0.1, 0.15) is 17.7 Å². The van der Waals surface area contributed by atoms with E-state index in [-0.39, 0.29) is 5.91 Å². The molecule has 5 heteroatoms. The van der Waals surface area contributed by atoms with Gasteiger partial charge in [-0.05, 0) is 30.7 Å². The van der Waals surface area contributed by atoms with Crippen LogP contribution in [0.5, 0.6) is 0 Å². The van der Waals surface area contributed by atoms with E-state index in [1.807, 2.05) is 17.0 Å². The summed E-state index contributed by atoms with van der Waals surface area (Å²) in [6.45, 7) is 2.59. The van der Waals surface area contributed by atoms with Crippen molar-refractivity contribution in [3.8, 4) is 6.07 Å². The van der Waals surface area contributed by atoms with Gasteiger partial charge >= 0.3 is 0 Å². The van der Waals surface area contributed by atoms with E-state index < -0.39 is 0 Å². The third-order valence-electron chi connectivity index (χ3n) is 2.72. The predicted octanol–water partition coefficient (Wildman–Crippen LogP) is 0.275. The molecule has 88 valence electrons. The van der Waals surface area contributed by atoms with Crippen molar-refractivity contribution in [2.24, 2.45) is 0 Å². The fourth-order valence-corrected chi connectivity index (χ4v) is 1.85. The highest BCUT2D eigenvalue weighted by atomic mass is 16.2. The van der Waals surface area contributed by atoms with Crippen LogP contribution < -0.4 is 5.32 Å². The minimum absolute atomic E-state index is 0.109. The number of rotatable bonds is 2. The van der Waals surface area contributed by atoms with Gasteiger partial charge in [0, 0.05) is 19.3 Å². The van der Waals surface area contributed by atoms with Gasteiger partial charge in [-0.1, -0.05) is 0 Å². The number of amides is 1. The number of nitrogens with zero attached hydrogens (tertiary/aromatic N) is 3. The number of hydrogen-bond acceptors (Lipinski definition) is 4. The highest BCUT2D eigenvalue weighted by Crippen LogP contribution is 2.07. The van der Waals surface area contributed by atoms with Crippen LogP contribution in [0, 0.1) is 11.3 Å². The molecule has 17 heavy (non-hydrogen) atoms. The molecule has 1 amide bonds. The Morgan fingerprint density at radius 1 is 1.59 bits per heavy atom. The lowest BCUT2D eigenvalue weighted by molar-refractivity contribution is -0.130. The van der Waals surface area contributed by atoms with Gasteiger partial charge in [-0.3, -0.25) is 4.79 Å². The number of carbonyl (C=O) groups excluding carboxylic acids is 1. The monoisotopic (exact) mass is 230 g/mol. The van der Waals surface area contributed by atoms with E-state index in [1.54, 1.807) is 12.3 Å². The van der Waals surface area contributed by atoms with E-state index in [0.717, 1.165) is 25.1 Å². The average molecular weight is 230 g/mol. The molecule has 1 saturated heterocycles. The highest BCUT2D eigenvalue weighted by Gasteiger charge is 2.16. The maximum atomic E-state index is 11.8. The highest BCUT2D eigenvalue weighted by molar-refractivity contribution is 5.78. The lowest BCUT2D eigenvalue weighted by Crippen LogP contribution is -2.34. The summed E-state index contributed by atoms with van der Waals surface area (Å²) in [5.41, 5.74) is 1.34. The van der Waals surface area contributed by atoms with Crippen LogP contribution >= 0.6 is 0 Å². The first kappa shape index (κ1) is 11.6. The summed E-state index contributed by atoms with van der Waals surface area (Å²) in [5.74, 6) is 0.109. The zero-order valence-electron chi connectivity index (χ0n) is 9.52. The molecule has 0 bridgehead atoms. The van der Waals surface area contributed by atoms with Crippen molar-refractivity contribution in [1.29, 1.82) is 5.26 Å². The van der Waals surface area contributed by atoms with Gasteiger partial charge in [0.25, 0.3) is 0 Å². The molecule has 1 aliphatic heterocycles. The van der Waals surface area contributed by atoms with Crippen LogP contribution in [-0.2, 0) is 11.3 Å². The normalized spacial score (nSPS) is 16.4. The average Bonchev–Trinajstić information content (AvgIpc) is 2.55. The molecule has 1 N–H and O–H groups in total. The maximum absolute atomic E-state index is 11.8. The topological polar surface area (TPSA) is 69.0 Å². The molecule has 0 atom stereocenters. The molecular weight excluding hydrogens is 216 g/mol. The fourth-order valence-electron chi connectivity index (χ4n) is 1.85. The second-order valence-corrected chi connectivity index (χ2v) is 4.01. The summed E-state index contributed by atoms with van der Waals surface area (Å²) in [6, 6.07) is 5.57. The molecule has 0 aliphatic carbocycles. The molecule has 0 spiro atoms. The van der Waals surface area contributed by atoms with E-state index in [0.29, 0.717) is 18.8 Å². The number of pyridine rings is 1. The first-order valence-electron chi connectivity index (χ1n) is 5.63. The zero-order chi connectivity index (χ0) is 12.1. The lowest BCUT2D eigenvalue weighted by atomic mass is 10.2. The summed E-state index contributed by atoms with van der Waals surface area (Å²) in [6.07, 6.45) is 2.57. The molecule has 1 fully saturated rings. The van der Waals surface area contributed by atoms with E-state index in [2.05, 4.69) is 10.3 Å². The van der Waals surface area contributed by atoms with Crippen LogP contribution in [0.3, 0.4) is 0 Å². The van der Waals surface area contributed by atoms with Gasteiger partial charge in [0.1, 0.15) is 11.8 Å². The lowest BCUT2D eigenvalue weighted by Gasteiger charge is -2.20. The smallest absolute Gasteiger partial charge is 0.236 e. The number of nitriles is 1. The van der Waals surface area contributed by atoms with Crippen molar-refractivity contribution in [3.63, 3.8) is 0 Å². The Labute approximate surface area is 100 Å². The molecular formula is C12H14N4O. The minimum atomic E-state index is 0.109. The molecule has 2 rings (SSSR count). The molecule has 0 aromatic carbocycles. The van der Waals surface area contributed by atoms with Gasteiger partial charge in [0.15, 0.2) is 0 Å². The first-order chi connectivity index (χ1) is 8.29. The molecule has 2 heterocycles. The van der Waals surface area contributed by atoms with Gasteiger partial charge in [0.2, 0.25) is 5.91 Å². The zero-order valence-corrected chi connectivity index (χ0v) is 9.52. The molecule has 1 aromatic heterocycles. The molecule has 1 aliphatic rings. The minimum Gasteiger partial charge on any atom is -0.337 e. The molecule has 5 nitrogen and oxygen atoms in total. The van der Waals surface area contributed by atoms with Crippen molar-refractivity contribution < 1.29 is 4.79 Å². The van der Waals surface area contributed by atoms with E-state index in [1.165, 1.54) is 0 Å². The number of hydrogen-bond donors (Lipinski definition) is 1. The fraction of sp³-hybridized carbons (Fsp3) is 0.417. The van der Waals surface area contributed by atoms with Crippen LogP contribution in [0.4, 0.5) is 0 Å². The quantitative estimate of drug-likeness (QED) is 0.792. The molecule has 0 saturated carbocycles. The van der Waals surface area contributed by atoms with Crippen molar-refractivity contribution >= 4 is 5.91 Å². The Morgan fingerprint density at radius 2 is 2.47 bits per heavy atom. The van der Waals surface area contributed by atoms with Crippen molar-refractivity contribution in [2.45, 2.75) is 13.0 Å². The van der Waals surface area contributed by atoms with E-state index >= 15 is 0 Å². The van der Waals surface area contributed by atoms with Crippen LogP contribution in [0.15, 0.2) is 18.3 Å². The van der Waals surface area contributed by atoms with Crippen molar-refractivity contribution in [3.05, 3.63) is 29.6 Å². The Balaban J connectivity index is 2.08. The number of aromatic nitrogens is 1. The Morgan fingerprint density at radius 3 is 3.29 bits per heavy atom. The third kappa shape index (κ3) is 3.02. The van der Waals surface area contributed by atoms with Crippen molar-refractivity contribution in [2.75, 3.05) is 19.6 Å². The summed E-state index contributed by atoms with van der Waals surface area (Å²) in [7, 11) is 0. The largest absolute Gasteiger partial charge is 0.337 e. The van der Waals surface area contributed by atoms with Crippen LogP contribution in [0.25, 0.3) is 0 Å². The second-order valence-electron chi connectivity index (χ2n) is 4.01. The molecule has 0 unspecified atom stereocenters. The van der Waals surface area contributed by atoms with Gasteiger partial charge in [-0.25, -0.2) is 4.98 Å². The van der Waals surface area contributed by atoms with Crippen LogP contribution in [0.2, 0.25) is 0 Å². The van der Waals surface area contributed by atoms with Gasteiger partial charge in [0.05, 0.1) is 6.54 Å². The standard InChI is InChI=1S/C12H14N4O/c13-7-11-6-10(2-4-15-11)9-16-5-1-3-14-8-12(16)17/h2,4,6,14H,1,3,5,8-9H2. The number of carbonyl (C=O) groups is 1. The molecule has 0 radical (unpaired) electrons. The van der Waals surface area contributed by atoms with Gasteiger partial charge in [-0.2, -0.15) is 5.26 Å². The Hall–Kier alpha value is -1.93. The Kier molecular flexibility index (Phi) is 3.68. The third-order valence-corrected chi connectivity index (χ3v) is 2.72. The van der Waals surface area contributed by atoms with Gasteiger partial charge in [-0.15, -0.1) is 0 Å². The Bertz CT molecular complexity index is 452. The van der Waals surface area contributed by atoms with Gasteiger partial charge < -0.3 is 10.2 Å². The predicted molar refractivity (Wildman–Crippen MR) is 61.9 cm³/mol. The van der Waals surface area contributed by atoms with Crippen molar-refractivity contribution in [1.82, 2.24) is 15.2 Å². The second kappa shape index (κ2) is 5.41. The first-order valence-corrected chi connectivity index (χ1v) is 5.63. The maximum Gasteiger partial charge on any atom is 0.236 e. The van der Waals surface area contributed by atoms with E-state index in [9.17, 15) is 4.79 Å². The summed E-state index contributed by atoms with van der Waals surface area (Å²) in [5, 5.41) is 11.8. The summed E-state index contributed by atoms with van der Waals surface area (Å²) >= 11 is 0. The van der Waals surface area contributed by atoms with Crippen LogP contribution in [-0.4, -0.2) is 35.4 Å². The molecule has 1 aromatic rings. The SMILES string of the molecule is N#Cc1cc(CN2CCCNCC2=O)ccn1.